The number of hydrogen-bond acceptors (Lipinski definition) is 8. The van der Waals surface area contributed by atoms with Crippen LogP contribution >= 0.6 is 0 Å². The third-order valence-electron chi connectivity index (χ3n) is 5.29. The minimum atomic E-state index is -4.52. The summed E-state index contributed by atoms with van der Waals surface area (Å²) >= 11 is 0. The summed E-state index contributed by atoms with van der Waals surface area (Å²) in [7, 11) is 3.12. The van der Waals surface area contributed by atoms with Crippen molar-refractivity contribution in [2.24, 2.45) is 10.4 Å². The molecule has 0 spiro atoms. The fourth-order valence-corrected chi connectivity index (χ4v) is 3.51. The zero-order valence-corrected chi connectivity index (χ0v) is 18.6. The summed E-state index contributed by atoms with van der Waals surface area (Å²) in [4.78, 5) is 3.74. The standard InChI is InChI=1S/C23H22F3N5O3/c1-14-12-15(17-6-4-9-21(27-17)23(24,25)26)10-11-19(14)34-13-16-18(7-5-8-20(16)33-3)31-22(32)30(2)28-29-31/h4-12,22,32H,13H2,1-3H3. The summed E-state index contributed by atoms with van der Waals surface area (Å²) in [6.07, 6.45) is -5.59. The van der Waals surface area contributed by atoms with Crippen molar-refractivity contribution >= 4 is 5.69 Å². The van der Waals surface area contributed by atoms with Gasteiger partial charge in [-0.25, -0.2) is 9.99 Å². The Morgan fingerprint density at radius 3 is 2.44 bits per heavy atom. The molecule has 2 aromatic carbocycles. The number of alkyl halides is 3. The number of benzene rings is 2. The summed E-state index contributed by atoms with van der Waals surface area (Å²) in [5, 5.41) is 20.8. The number of nitrogens with zero attached hydrogens (tertiary/aromatic N) is 5. The summed E-state index contributed by atoms with van der Waals surface area (Å²) in [6, 6.07) is 14.1. The minimum absolute atomic E-state index is 0.0871. The van der Waals surface area contributed by atoms with E-state index in [0.29, 0.717) is 33.9 Å². The van der Waals surface area contributed by atoms with E-state index in [-0.39, 0.29) is 12.3 Å². The van der Waals surface area contributed by atoms with Gasteiger partial charge in [0.1, 0.15) is 23.8 Å². The van der Waals surface area contributed by atoms with Crippen LogP contribution in [0, 0.1) is 6.92 Å². The highest BCUT2D eigenvalue weighted by Gasteiger charge is 2.32. The average molecular weight is 473 g/mol. The Morgan fingerprint density at radius 1 is 1.03 bits per heavy atom. The van der Waals surface area contributed by atoms with E-state index in [0.717, 1.165) is 6.07 Å². The van der Waals surface area contributed by atoms with Crippen LogP contribution in [-0.2, 0) is 12.8 Å². The smallest absolute Gasteiger partial charge is 0.433 e. The van der Waals surface area contributed by atoms with Crippen LogP contribution in [0.5, 0.6) is 11.5 Å². The molecule has 0 saturated heterocycles. The number of aromatic nitrogens is 1. The second-order valence-corrected chi connectivity index (χ2v) is 7.58. The number of anilines is 1. The number of aryl methyl sites for hydroxylation is 1. The maximum atomic E-state index is 13.0. The van der Waals surface area contributed by atoms with Crippen LogP contribution in [0.1, 0.15) is 16.8 Å². The van der Waals surface area contributed by atoms with Crippen molar-refractivity contribution in [3.63, 3.8) is 0 Å². The van der Waals surface area contributed by atoms with Crippen molar-refractivity contribution in [3.8, 4) is 22.8 Å². The quantitative estimate of drug-likeness (QED) is 0.544. The van der Waals surface area contributed by atoms with Gasteiger partial charge in [-0.05, 0) is 65.4 Å². The maximum Gasteiger partial charge on any atom is 0.433 e. The Balaban J connectivity index is 1.58. The lowest BCUT2D eigenvalue weighted by Crippen LogP contribution is -2.36. The van der Waals surface area contributed by atoms with Gasteiger partial charge in [0.2, 0.25) is 6.35 Å². The molecule has 1 aromatic heterocycles. The second-order valence-electron chi connectivity index (χ2n) is 7.58. The number of halogens is 3. The largest absolute Gasteiger partial charge is 0.496 e. The normalized spacial score (nSPS) is 15.7. The van der Waals surface area contributed by atoms with Crippen LogP contribution in [0.4, 0.5) is 18.9 Å². The van der Waals surface area contributed by atoms with Gasteiger partial charge in [-0.1, -0.05) is 12.1 Å². The molecule has 1 atom stereocenters. The van der Waals surface area contributed by atoms with E-state index in [2.05, 4.69) is 15.4 Å². The third kappa shape index (κ3) is 4.60. The molecular weight excluding hydrogens is 451 g/mol. The van der Waals surface area contributed by atoms with Gasteiger partial charge >= 0.3 is 6.18 Å². The summed E-state index contributed by atoms with van der Waals surface area (Å²) in [6.45, 7) is 1.88. The van der Waals surface area contributed by atoms with Gasteiger partial charge < -0.3 is 14.6 Å². The first-order chi connectivity index (χ1) is 16.2. The molecule has 0 aliphatic carbocycles. The van der Waals surface area contributed by atoms with Crippen molar-refractivity contribution in [1.82, 2.24) is 9.99 Å². The van der Waals surface area contributed by atoms with E-state index < -0.39 is 18.2 Å². The van der Waals surface area contributed by atoms with E-state index in [1.54, 1.807) is 50.4 Å². The maximum absolute atomic E-state index is 13.0. The summed E-state index contributed by atoms with van der Waals surface area (Å²) in [5.41, 5.74) is 1.72. The summed E-state index contributed by atoms with van der Waals surface area (Å²) < 4.78 is 50.5. The van der Waals surface area contributed by atoms with Gasteiger partial charge in [0.15, 0.2) is 0 Å². The number of aliphatic hydroxyl groups excluding tert-OH is 1. The van der Waals surface area contributed by atoms with Crippen molar-refractivity contribution in [2.45, 2.75) is 26.1 Å². The Hall–Kier alpha value is -3.86. The van der Waals surface area contributed by atoms with Gasteiger partial charge in [-0.3, -0.25) is 0 Å². The van der Waals surface area contributed by atoms with Crippen LogP contribution < -0.4 is 14.5 Å². The Morgan fingerprint density at radius 2 is 1.79 bits per heavy atom. The fraction of sp³-hybridized carbons (Fsp3) is 0.261. The Kier molecular flexibility index (Phi) is 6.29. The first-order valence-electron chi connectivity index (χ1n) is 10.2. The molecule has 0 saturated carbocycles. The molecule has 0 amide bonds. The van der Waals surface area contributed by atoms with Crippen molar-refractivity contribution in [1.29, 1.82) is 0 Å². The molecule has 2 heterocycles. The molecular formula is C23H22F3N5O3. The Labute approximate surface area is 193 Å². The highest BCUT2D eigenvalue weighted by molar-refractivity contribution is 5.63. The number of rotatable bonds is 6. The highest BCUT2D eigenvalue weighted by Crippen LogP contribution is 2.35. The topological polar surface area (TPSA) is 82.8 Å². The lowest BCUT2D eigenvalue weighted by molar-refractivity contribution is -0.141. The number of ether oxygens (including phenoxy) is 2. The lowest BCUT2D eigenvalue weighted by Gasteiger charge is -2.24. The number of aliphatic hydroxyl groups is 1. The molecule has 3 aromatic rings. The number of methoxy groups -OCH3 is 1. The van der Waals surface area contributed by atoms with Crippen LogP contribution in [0.25, 0.3) is 11.3 Å². The molecule has 0 fully saturated rings. The predicted molar refractivity (Wildman–Crippen MR) is 118 cm³/mol. The molecule has 0 bridgehead atoms. The molecule has 8 nitrogen and oxygen atoms in total. The molecule has 11 heteroatoms. The van der Waals surface area contributed by atoms with Gasteiger partial charge in [0, 0.05) is 12.6 Å². The molecule has 1 aliphatic rings. The number of pyridine rings is 1. The molecule has 1 unspecified atom stereocenters. The zero-order valence-electron chi connectivity index (χ0n) is 18.6. The second kappa shape index (κ2) is 9.18. The van der Waals surface area contributed by atoms with Crippen LogP contribution in [-0.4, -0.2) is 35.6 Å². The van der Waals surface area contributed by atoms with Crippen molar-refractivity contribution in [2.75, 3.05) is 19.2 Å². The van der Waals surface area contributed by atoms with E-state index >= 15 is 0 Å². The van der Waals surface area contributed by atoms with Gasteiger partial charge in [0.25, 0.3) is 0 Å². The van der Waals surface area contributed by atoms with Crippen LogP contribution in [0.2, 0.25) is 0 Å². The Bertz CT molecular complexity index is 1220. The average Bonchev–Trinajstić information content (AvgIpc) is 3.15. The predicted octanol–water partition coefficient (Wildman–Crippen LogP) is 4.97. The lowest BCUT2D eigenvalue weighted by atomic mass is 10.1. The van der Waals surface area contributed by atoms with E-state index in [1.165, 1.54) is 29.3 Å². The molecule has 34 heavy (non-hydrogen) atoms. The first-order valence-corrected chi connectivity index (χ1v) is 10.2. The van der Waals surface area contributed by atoms with Gasteiger partial charge in [-0.2, -0.15) is 18.2 Å². The van der Waals surface area contributed by atoms with Gasteiger partial charge in [-0.15, -0.1) is 0 Å². The fourth-order valence-electron chi connectivity index (χ4n) is 3.51. The van der Waals surface area contributed by atoms with Crippen LogP contribution in [0.15, 0.2) is 65.0 Å². The molecule has 4 rings (SSSR count). The summed E-state index contributed by atoms with van der Waals surface area (Å²) in [5.74, 6) is 1.07. The SMILES string of the molecule is COc1cccc(N2N=NN(C)C2O)c1COc1ccc(-c2cccc(C(F)(F)F)n2)cc1C. The first kappa shape index (κ1) is 23.3. The van der Waals surface area contributed by atoms with E-state index in [1.807, 2.05) is 0 Å². The van der Waals surface area contributed by atoms with Crippen molar-refractivity contribution in [3.05, 3.63) is 71.4 Å². The molecule has 1 N–H and O–H groups in total. The van der Waals surface area contributed by atoms with Gasteiger partial charge in [0.05, 0.1) is 24.1 Å². The van der Waals surface area contributed by atoms with Crippen molar-refractivity contribution < 1.29 is 27.8 Å². The van der Waals surface area contributed by atoms with E-state index in [9.17, 15) is 18.3 Å². The molecule has 1 aliphatic heterocycles. The zero-order chi connectivity index (χ0) is 24.5. The molecule has 0 radical (unpaired) electrons. The number of hydrogen-bond donors (Lipinski definition) is 1. The molecule has 178 valence electrons. The minimum Gasteiger partial charge on any atom is -0.496 e. The monoisotopic (exact) mass is 473 g/mol. The van der Waals surface area contributed by atoms with E-state index in [4.69, 9.17) is 9.47 Å². The van der Waals surface area contributed by atoms with Crippen LogP contribution in [0.3, 0.4) is 0 Å². The highest BCUT2D eigenvalue weighted by atomic mass is 19.4. The third-order valence-corrected chi connectivity index (χ3v) is 5.29.